The molecule has 3 heteroatoms. The van der Waals surface area contributed by atoms with Crippen molar-refractivity contribution >= 4 is 5.91 Å². The van der Waals surface area contributed by atoms with Crippen LogP contribution in [0.2, 0.25) is 0 Å². The van der Waals surface area contributed by atoms with Crippen LogP contribution in [0.4, 0.5) is 0 Å². The fourth-order valence-corrected chi connectivity index (χ4v) is 1.82. The topological polar surface area (TPSA) is 38.3 Å². The largest absolute Gasteiger partial charge is 0.481 e. The Morgan fingerprint density at radius 3 is 2.16 bits per heavy atom. The third kappa shape index (κ3) is 3.35. The number of rotatable bonds is 4. The minimum Gasteiger partial charge on any atom is -0.481 e. The fraction of sp³-hybridized carbons (Fsp3) is 0.188. The number of benzene rings is 2. The summed E-state index contributed by atoms with van der Waals surface area (Å²) in [4.78, 5) is 11.4. The quantitative estimate of drug-likeness (QED) is 0.912. The summed E-state index contributed by atoms with van der Waals surface area (Å²) in [5.41, 5.74) is 2.29. The average Bonchev–Trinajstić information content (AvgIpc) is 2.48. The highest BCUT2D eigenvalue weighted by Gasteiger charge is 2.12. The van der Waals surface area contributed by atoms with Gasteiger partial charge < -0.3 is 10.1 Å². The van der Waals surface area contributed by atoms with E-state index in [9.17, 15) is 4.79 Å². The lowest BCUT2D eigenvalue weighted by molar-refractivity contribution is -0.126. The summed E-state index contributed by atoms with van der Waals surface area (Å²) >= 11 is 0. The second kappa shape index (κ2) is 6.05. The summed E-state index contributed by atoms with van der Waals surface area (Å²) in [6.45, 7) is 1.73. The molecule has 0 radical (unpaired) electrons. The van der Waals surface area contributed by atoms with Crippen LogP contribution in [-0.4, -0.2) is 19.1 Å². The van der Waals surface area contributed by atoms with Gasteiger partial charge in [0.15, 0.2) is 6.10 Å². The molecule has 1 atom stereocenters. The molecule has 0 aliphatic rings. The zero-order chi connectivity index (χ0) is 13.7. The van der Waals surface area contributed by atoms with Crippen molar-refractivity contribution < 1.29 is 9.53 Å². The van der Waals surface area contributed by atoms with Crippen molar-refractivity contribution in [2.24, 2.45) is 0 Å². The SMILES string of the molecule is CNC(=O)[C@H](C)Oc1ccc(-c2ccccc2)cc1. The van der Waals surface area contributed by atoms with Crippen LogP contribution in [0, 0.1) is 0 Å². The predicted molar refractivity (Wildman–Crippen MR) is 76.0 cm³/mol. The molecule has 2 rings (SSSR count). The van der Waals surface area contributed by atoms with Crippen LogP contribution in [0.25, 0.3) is 11.1 Å². The van der Waals surface area contributed by atoms with E-state index in [0.717, 1.165) is 11.1 Å². The smallest absolute Gasteiger partial charge is 0.260 e. The highest BCUT2D eigenvalue weighted by Crippen LogP contribution is 2.22. The molecule has 19 heavy (non-hydrogen) atoms. The zero-order valence-electron chi connectivity index (χ0n) is 11.1. The molecule has 0 fully saturated rings. The van der Waals surface area contributed by atoms with Crippen molar-refractivity contribution in [2.45, 2.75) is 13.0 Å². The summed E-state index contributed by atoms with van der Waals surface area (Å²) in [7, 11) is 1.60. The predicted octanol–water partition coefficient (Wildman–Crippen LogP) is 2.87. The molecule has 2 aromatic carbocycles. The lowest BCUT2D eigenvalue weighted by Crippen LogP contribution is -2.33. The fourth-order valence-electron chi connectivity index (χ4n) is 1.82. The van der Waals surface area contributed by atoms with Gasteiger partial charge in [0.2, 0.25) is 0 Å². The third-order valence-corrected chi connectivity index (χ3v) is 2.89. The second-order valence-electron chi connectivity index (χ2n) is 4.26. The van der Waals surface area contributed by atoms with Crippen molar-refractivity contribution in [2.75, 3.05) is 7.05 Å². The first-order valence-electron chi connectivity index (χ1n) is 6.24. The third-order valence-electron chi connectivity index (χ3n) is 2.89. The van der Waals surface area contributed by atoms with Crippen LogP contribution in [0.5, 0.6) is 5.75 Å². The number of hydrogen-bond acceptors (Lipinski definition) is 2. The average molecular weight is 255 g/mol. The van der Waals surface area contributed by atoms with Gasteiger partial charge in [0.1, 0.15) is 5.75 Å². The van der Waals surface area contributed by atoms with Crippen LogP contribution < -0.4 is 10.1 Å². The maximum atomic E-state index is 11.4. The molecule has 0 aliphatic carbocycles. The number of likely N-dealkylation sites (N-methyl/N-ethyl adjacent to an activating group) is 1. The van der Waals surface area contributed by atoms with Crippen molar-refractivity contribution in [3.05, 3.63) is 54.6 Å². The minimum absolute atomic E-state index is 0.132. The Morgan fingerprint density at radius 1 is 1.00 bits per heavy atom. The van der Waals surface area contributed by atoms with Gasteiger partial charge in [0.25, 0.3) is 5.91 Å². The minimum atomic E-state index is -0.493. The van der Waals surface area contributed by atoms with Gasteiger partial charge >= 0.3 is 0 Å². The molecule has 98 valence electrons. The van der Waals surface area contributed by atoms with Gasteiger partial charge in [-0.1, -0.05) is 42.5 Å². The normalized spacial score (nSPS) is 11.7. The van der Waals surface area contributed by atoms with Crippen molar-refractivity contribution in [3.63, 3.8) is 0 Å². The molecule has 0 aromatic heterocycles. The number of hydrogen-bond donors (Lipinski definition) is 1. The number of carbonyl (C=O) groups excluding carboxylic acids is 1. The van der Waals surface area contributed by atoms with E-state index in [-0.39, 0.29) is 5.91 Å². The van der Waals surface area contributed by atoms with E-state index in [2.05, 4.69) is 17.4 Å². The van der Waals surface area contributed by atoms with Crippen LogP contribution in [0.15, 0.2) is 54.6 Å². The molecule has 0 unspecified atom stereocenters. The van der Waals surface area contributed by atoms with Crippen molar-refractivity contribution in [1.29, 1.82) is 0 Å². The maximum absolute atomic E-state index is 11.4. The van der Waals surface area contributed by atoms with E-state index >= 15 is 0 Å². The Kier molecular flexibility index (Phi) is 4.18. The molecule has 1 N–H and O–H groups in total. The van der Waals surface area contributed by atoms with Crippen LogP contribution in [0.1, 0.15) is 6.92 Å². The lowest BCUT2D eigenvalue weighted by Gasteiger charge is -2.13. The van der Waals surface area contributed by atoms with Gasteiger partial charge in [0, 0.05) is 7.05 Å². The maximum Gasteiger partial charge on any atom is 0.260 e. The molecule has 3 nitrogen and oxygen atoms in total. The van der Waals surface area contributed by atoms with Gasteiger partial charge in [-0.05, 0) is 30.2 Å². The highest BCUT2D eigenvalue weighted by molar-refractivity contribution is 5.80. The summed E-state index contributed by atoms with van der Waals surface area (Å²) in [6, 6.07) is 17.9. The Hall–Kier alpha value is -2.29. The van der Waals surface area contributed by atoms with Gasteiger partial charge in [-0.3, -0.25) is 4.79 Å². The highest BCUT2D eigenvalue weighted by atomic mass is 16.5. The van der Waals surface area contributed by atoms with Crippen LogP contribution >= 0.6 is 0 Å². The number of amides is 1. The van der Waals surface area contributed by atoms with E-state index in [0.29, 0.717) is 5.75 Å². The Balaban J connectivity index is 2.09. The Bertz CT molecular complexity index is 534. The first-order valence-corrected chi connectivity index (χ1v) is 6.24. The van der Waals surface area contributed by atoms with Crippen molar-refractivity contribution in [1.82, 2.24) is 5.32 Å². The monoisotopic (exact) mass is 255 g/mol. The summed E-state index contributed by atoms with van der Waals surface area (Å²) in [6.07, 6.45) is -0.493. The standard InChI is InChI=1S/C16H17NO2/c1-12(16(18)17-2)19-15-10-8-14(9-11-15)13-6-4-3-5-7-13/h3-12H,1-2H3,(H,17,18)/t12-/m0/s1. The van der Waals surface area contributed by atoms with Gasteiger partial charge in [-0.2, -0.15) is 0 Å². The molecule has 0 spiro atoms. The molecule has 0 heterocycles. The number of ether oxygens (including phenoxy) is 1. The molecule has 2 aromatic rings. The zero-order valence-corrected chi connectivity index (χ0v) is 11.1. The Labute approximate surface area is 113 Å². The number of carbonyl (C=O) groups is 1. The van der Waals surface area contributed by atoms with Crippen LogP contribution in [0.3, 0.4) is 0 Å². The van der Waals surface area contributed by atoms with Crippen molar-refractivity contribution in [3.8, 4) is 16.9 Å². The van der Waals surface area contributed by atoms with E-state index in [1.807, 2.05) is 42.5 Å². The van der Waals surface area contributed by atoms with Gasteiger partial charge in [0.05, 0.1) is 0 Å². The molecular formula is C16H17NO2. The van der Waals surface area contributed by atoms with Gasteiger partial charge in [-0.25, -0.2) is 0 Å². The molecule has 0 bridgehead atoms. The van der Waals surface area contributed by atoms with Gasteiger partial charge in [-0.15, -0.1) is 0 Å². The lowest BCUT2D eigenvalue weighted by atomic mass is 10.1. The van der Waals surface area contributed by atoms with E-state index in [1.54, 1.807) is 14.0 Å². The molecule has 0 aliphatic heterocycles. The molecule has 0 saturated heterocycles. The first kappa shape index (κ1) is 13.1. The van der Waals surface area contributed by atoms with E-state index < -0.39 is 6.10 Å². The summed E-state index contributed by atoms with van der Waals surface area (Å²) in [5.74, 6) is 0.558. The van der Waals surface area contributed by atoms with E-state index in [1.165, 1.54) is 0 Å². The molecule has 1 amide bonds. The number of nitrogens with one attached hydrogen (secondary N) is 1. The first-order chi connectivity index (χ1) is 9.20. The van der Waals surface area contributed by atoms with Crippen LogP contribution in [-0.2, 0) is 4.79 Å². The molecular weight excluding hydrogens is 238 g/mol. The summed E-state index contributed by atoms with van der Waals surface area (Å²) in [5, 5.41) is 2.56. The van der Waals surface area contributed by atoms with E-state index in [4.69, 9.17) is 4.74 Å². The molecule has 0 saturated carbocycles. The second-order valence-corrected chi connectivity index (χ2v) is 4.26. The Morgan fingerprint density at radius 2 is 1.58 bits per heavy atom. The summed E-state index contributed by atoms with van der Waals surface area (Å²) < 4.78 is 5.55.